The van der Waals surface area contributed by atoms with Gasteiger partial charge >= 0.3 is 5.97 Å². The lowest BCUT2D eigenvalue weighted by molar-refractivity contribution is -0.141. The average molecular weight is 264 g/mol. The van der Waals surface area contributed by atoms with Gasteiger partial charge in [0.15, 0.2) is 0 Å². The number of hydrogen-bond donors (Lipinski definition) is 1. The van der Waals surface area contributed by atoms with Gasteiger partial charge in [-0.05, 0) is 23.5 Å². The van der Waals surface area contributed by atoms with Gasteiger partial charge < -0.3 is 10.1 Å². The number of nitrogens with zero attached hydrogens (tertiary/aromatic N) is 1. The van der Waals surface area contributed by atoms with Crippen molar-refractivity contribution < 1.29 is 9.53 Å². The molecular formula is C15H24N2O2. The normalized spacial score (nSPS) is 13.1. The third kappa shape index (κ3) is 6.91. The van der Waals surface area contributed by atoms with E-state index in [1.807, 2.05) is 18.3 Å². The molecule has 0 fully saturated rings. The van der Waals surface area contributed by atoms with E-state index in [1.165, 1.54) is 7.11 Å². The summed E-state index contributed by atoms with van der Waals surface area (Å²) >= 11 is 0. The predicted octanol–water partition coefficient (Wildman–Crippen LogP) is 2.54. The minimum absolute atomic E-state index is 0.118. The molecule has 0 aliphatic rings. The summed E-state index contributed by atoms with van der Waals surface area (Å²) in [6.07, 6.45) is 4.90. The van der Waals surface area contributed by atoms with Crippen LogP contribution in [-0.2, 0) is 16.1 Å². The molecule has 0 aliphatic carbocycles. The number of carbonyl (C=O) groups excluding carboxylic acids is 1. The molecule has 0 aliphatic heterocycles. The number of hydrogen-bond acceptors (Lipinski definition) is 4. The summed E-state index contributed by atoms with van der Waals surface area (Å²) < 4.78 is 4.76. The first-order chi connectivity index (χ1) is 8.90. The summed E-state index contributed by atoms with van der Waals surface area (Å²) in [6.45, 7) is 7.22. The summed E-state index contributed by atoms with van der Waals surface area (Å²) in [7, 11) is 1.43. The number of nitrogens with one attached hydrogen (secondary N) is 1. The Kier molecular flexibility index (Phi) is 5.96. The van der Waals surface area contributed by atoms with E-state index in [-0.39, 0.29) is 17.4 Å². The molecule has 0 saturated carbocycles. The van der Waals surface area contributed by atoms with Crippen molar-refractivity contribution in [2.24, 2.45) is 5.41 Å². The first kappa shape index (κ1) is 15.6. The molecule has 1 aromatic rings. The third-order valence-electron chi connectivity index (χ3n) is 2.82. The lowest BCUT2D eigenvalue weighted by Crippen LogP contribution is -2.34. The second kappa shape index (κ2) is 7.24. The molecular weight excluding hydrogens is 240 g/mol. The zero-order valence-electron chi connectivity index (χ0n) is 12.3. The van der Waals surface area contributed by atoms with Crippen LogP contribution in [0.25, 0.3) is 0 Å². The van der Waals surface area contributed by atoms with Gasteiger partial charge in [0.2, 0.25) is 0 Å². The summed E-state index contributed by atoms with van der Waals surface area (Å²) in [6, 6.07) is 4.05. The van der Waals surface area contributed by atoms with Gasteiger partial charge in [-0.25, -0.2) is 0 Å². The van der Waals surface area contributed by atoms with Crippen molar-refractivity contribution in [1.82, 2.24) is 10.3 Å². The second-order valence-electron chi connectivity index (χ2n) is 5.98. The first-order valence-corrected chi connectivity index (χ1v) is 6.60. The Balaban J connectivity index is 2.56. The molecule has 4 heteroatoms. The molecule has 0 bridgehead atoms. The van der Waals surface area contributed by atoms with Crippen LogP contribution in [0.4, 0.5) is 0 Å². The van der Waals surface area contributed by atoms with Crippen LogP contribution in [0, 0.1) is 5.41 Å². The van der Waals surface area contributed by atoms with Crippen LogP contribution in [-0.4, -0.2) is 24.1 Å². The molecule has 106 valence electrons. The molecule has 1 heterocycles. The maximum Gasteiger partial charge on any atom is 0.307 e. The number of pyridine rings is 1. The average Bonchev–Trinajstić information content (AvgIpc) is 2.35. The van der Waals surface area contributed by atoms with Crippen LogP contribution in [0.2, 0.25) is 0 Å². The van der Waals surface area contributed by atoms with Crippen LogP contribution in [0.5, 0.6) is 0 Å². The van der Waals surface area contributed by atoms with Crippen molar-refractivity contribution >= 4 is 5.97 Å². The van der Waals surface area contributed by atoms with Gasteiger partial charge in [0.25, 0.3) is 0 Å². The topological polar surface area (TPSA) is 51.2 Å². The van der Waals surface area contributed by atoms with E-state index in [1.54, 1.807) is 6.20 Å². The van der Waals surface area contributed by atoms with Crippen molar-refractivity contribution in [3.05, 3.63) is 30.1 Å². The van der Waals surface area contributed by atoms with Crippen molar-refractivity contribution in [2.75, 3.05) is 7.11 Å². The predicted molar refractivity (Wildman–Crippen MR) is 75.6 cm³/mol. The molecule has 19 heavy (non-hydrogen) atoms. The maximum atomic E-state index is 11.4. The van der Waals surface area contributed by atoms with Gasteiger partial charge in [0, 0.05) is 25.0 Å². The van der Waals surface area contributed by atoms with Crippen molar-refractivity contribution in [3.63, 3.8) is 0 Å². The molecule has 4 nitrogen and oxygen atoms in total. The Morgan fingerprint density at radius 3 is 2.74 bits per heavy atom. The monoisotopic (exact) mass is 264 g/mol. The highest BCUT2D eigenvalue weighted by Crippen LogP contribution is 2.22. The van der Waals surface area contributed by atoms with Gasteiger partial charge in [-0.2, -0.15) is 0 Å². The molecule has 1 atom stereocenters. The second-order valence-corrected chi connectivity index (χ2v) is 5.98. The minimum atomic E-state index is -0.173. The van der Waals surface area contributed by atoms with E-state index in [9.17, 15) is 4.79 Å². The van der Waals surface area contributed by atoms with Crippen LogP contribution < -0.4 is 5.32 Å². The van der Waals surface area contributed by atoms with Gasteiger partial charge in [0.1, 0.15) is 0 Å². The van der Waals surface area contributed by atoms with Crippen molar-refractivity contribution in [2.45, 2.75) is 46.2 Å². The highest BCUT2D eigenvalue weighted by Gasteiger charge is 2.21. The smallest absolute Gasteiger partial charge is 0.307 e. The largest absolute Gasteiger partial charge is 0.469 e. The summed E-state index contributed by atoms with van der Waals surface area (Å²) in [5, 5.41) is 3.42. The Labute approximate surface area is 115 Å². The summed E-state index contributed by atoms with van der Waals surface area (Å²) in [5.74, 6) is -0.173. The third-order valence-corrected chi connectivity index (χ3v) is 2.82. The fourth-order valence-electron chi connectivity index (χ4n) is 2.01. The zero-order chi connectivity index (χ0) is 14.3. The Morgan fingerprint density at radius 2 is 2.21 bits per heavy atom. The van der Waals surface area contributed by atoms with Gasteiger partial charge in [-0.3, -0.25) is 9.78 Å². The van der Waals surface area contributed by atoms with Crippen LogP contribution in [0.1, 0.15) is 39.2 Å². The van der Waals surface area contributed by atoms with Crippen molar-refractivity contribution in [3.8, 4) is 0 Å². The molecule has 0 radical (unpaired) electrons. The number of esters is 1. The molecule has 1 rings (SSSR count). The van der Waals surface area contributed by atoms with E-state index in [0.29, 0.717) is 13.0 Å². The molecule has 1 aromatic heterocycles. The Bertz CT molecular complexity index is 385. The number of carbonyl (C=O) groups is 1. The van der Waals surface area contributed by atoms with E-state index in [2.05, 4.69) is 31.1 Å². The van der Waals surface area contributed by atoms with E-state index in [0.717, 1.165) is 12.0 Å². The maximum absolute atomic E-state index is 11.4. The fourth-order valence-corrected chi connectivity index (χ4v) is 2.01. The quantitative estimate of drug-likeness (QED) is 0.802. The van der Waals surface area contributed by atoms with Gasteiger partial charge in [-0.15, -0.1) is 0 Å². The number of ether oxygens (including phenoxy) is 1. The SMILES string of the molecule is COC(=O)CC(CC(C)(C)C)NCc1cccnc1. The molecule has 1 unspecified atom stereocenters. The lowest BCUT2D eigenvalue weighted by Gasteiger charge is -2.26. The fraction of sp³-hybridized carbons (Fsp3) is 0.600. The van der Waals surface area contributed by atoms with Crippen LogP contribution in [0.3, 0.4) is 0 Å². The number of rotatable bonds is 6. The first-order valence-electron chi connectivity index (χ1n) is 6.60. The molecule has 0 spiro atoms. The van der Waals surface area contributed by atoms with Crippen LogP contribution in [0.15, 0.2) is 24.5 Å². The molecule has 0 amide bonds. The zero-order valence-corrected chi connectivity index (χ0v) is 12.3. The van der Waals surface area contributed by atoms with E-state index >= 15 is 0 Å². The molecule has 1 N–H and O–H groups in total. The molecule has 0 saturated heterocycles. The lowest BCUT2D eigenvalue weighted by atomic mass is 9.87. The number of methoxy groups -OCH3 is 1. The standard InChI is InChI=1S/C15H24N2O2/c1-15(2,3)9-13(8-14(18)19-4)17-11-12-6-5-7-16-10-12/h5-7,10,13,17H,8-9,11H2,1-4H3. The van der Waals surface area contributed by atoms with E-state index < -0.39 is 0 Å². The summed E-state index contributed by atoms with van der Waals surface area (Å²) in [4.78, 5) is 15.5. The highest BCUT2D eigenvalue weighted by molar-refractivity contribution is 5.69. The van der Waals surface area contributed by atoms with Crippen LogP contribution >= 0.6 is 0 Å². The Hall–Kier alpha value is -1.42. The minimum Gasteiger partial charge on any atom is -0.469 e. The van der Waals surface area contributed by atoms with Gasteiger partial charge in [0.05, 0.1) is 13.5 Å². The van der Waals surface area contributed by atoms with E-state index in [4.69, 9.17) is 4.74 Å². The Morgan fingerprint density at radius 1 is 1.47 bits per heavy atom. The molecule has 0 aromatic carbocycles. The van der Waals surface area contributed by atoms with Gasteiger partial charge in [-0.1, -0.05) is 26.8 Å². The number of aromatic nitrogens is 1. The van der Waals surface area contributed by atoms with Crippen molar-refractivity contribution in [1.29, 1.82) is 0 Å². The summed E-state index contributed by atoms with van der Waals surface area (Å²) in [5.41, 5.74) is 1.28. The highest BCUT2D eigenvalue weighted by atomic mass is 16.5.